The maximum Gasteiger partial charge on any atom is 0.301 e. The van der Waals surface area contributed by atoms with Crippen molar-refractivity contribution in [2.45, 2.75) is 13.0 Å². The summed E-state index contributed by atoms with van der Waals surface area (Å²) in [4.78, 5) is 32.3. The molecule has 6 nitrogen and oxygen atoms in total. The maximum atomic E-state index is 13.7. The van der Waals surface area contributed by atoms with Crippen molar-refractivity contribution < 1.29 is 23.8 Å². The second-order valence-electron chi connectivity index (χ2n) is 7.79. The summed E-state index contributed by atoms with van der Waals surface area (Å²) in [5.41, 5.74) is 1.26. The van der Waals surface area contributed by atoms with Gasteiger partial charge in [0, 0.05) is 10.6 Å². The Morgan fingerprint density at radius 2 is 1.91 bits per heavy atom. The molecule has 9 heteroatoms. The number of nitrogens with zero attached hydrogens (tertiary/aromatic N) is 2. The molecule has 176 valence electrons. The smallest absolute Gasteiger partial charge is 0.301 e. The summed E-state index contributed by atoms with van der Waals surface area (Å²) in [5, 5.41) is 12.0. The number of thiazole rings is 1. The molecule has 1 amide bonds. The predicted octanol–water partition coefficient (Wildman–Crippen LogP) is 6.11. The minimum Gasteiger partial charge on any atom is -0.507 e. The van der Waals surface area contributed by atoms with E-state index in [9.17, 15) is 19.1 Å². The van der Waals surface area contributed by atoms with Crippen molar-refractivity contribution in [1.82, 2.24) is 4.98 Å². The van der Waals surface area contributed by atoms with Gasteiger partial charge in [-0.25, -0.2) is 9.37 Å². The van der Waals surface area contributed by atoms with Gasteiger partial charge in [0.25, 0.3) is 5.78 Å². The van der Waals surface area contributed by atoms with E-state index in [2.05, 4.69) is 4.98 Å². The molecular weight excluding hydrogens is 491 g/mol. The number of amides is 1. The van der Waals surface area contributed by atoms with Gasteiger partial charge in [-0.1, -0.05) is 47.2 Å². The van der Waals surface area contributed by atoms with Crippen molar-refractivity contribution in [3.63, 3.8) is 0 Å². The van der Waals surface area contributed by atoms with Gasteiger partial charge in [0.1, 0.15) is 17.3 Å². The number of aromatic nitrogens is 1. The van der Waals surface area contributed by atoms with Crippen molar-refractivity contribution >= 4 is 55.7 Å². The summed E-state index contributed by atoms with van der Waals surface area (Å²) in [7, 11) is 0. The topological polar surface area (TPSA) is 79.7 Å². The molecule has 1 saturated heterocycles. The van der Waals surface area contributed by atoms with Gasteiger partial charge in [-0.3, -0.25) is 14.5 Å². The van der Waals surface area contributed by atoms with Gasteiger partial charge >= 0.3 is 5.91 Å². The number of aliphatic hydroxyl groups excluding tert-OH is 1. The number of fused-ring (bicyclic) bond motifs is 1. The Bertz CT molecular complexity index is 1500. The number of ketones is 1. The molecule has 0 spiro atoms. The molecular formula is C26H18ClFN2O4S. The van der Waals surface area contributed by atoms with Crippen LogP contribution in [0.15, 0.2) is 72.3 Å². The monoisotopic (exact) mass is 508 g/mol. The number of halogens is 2. The van der Waals surface area contributed by atoms with Crippen LogP contribution < -0.4 is 9.64 Å². The van der Waals surface area contributed by atoms with Crippen molar-refractivity contribution in [2.24, 2.45) is 0 Å². The van der Waals surface area contributed by atoms with Gasteiger partial charge in [-0.05, 0) is 55.0 Å². The minimum absolute atomic E-state index is 0.118. The molecule has 2 heterocycles. The molecule has 0 aliphatic carbocycles. The first-order chi connectivity index (χ1) is 16.9. The van der Waals surface area contributed by atoms with E-state index < -0.39 is 23.5 Å². The summed E-state index contributed by atoms with van der Waals surface area (Å²) in [5.74, 6) is -2.02. The Balaban J connectivity index is 1.71. The lowest BCUT2D eigenvalue weighted by Crippen LogP contribution is -2.29. The van der Waals surface area contributed by atoms with Gasteiger partial charge < -0.3 is 9.84 Å². The van der Waals surface area contributed by atoms with E-state index in [0.29, 0.717) is 34.0 Å². The molecule has 3 aromatic carbocycles. The van der Waals surface area contributed by atoms with Crippen molar-refractivity contribution in [1.29, 1.82) is 0 Å². The molecule has 5 rings (SSSR count). The number of rotatable bonds is 5. The lowest BCUT2D eigenvalue weighted by molar-refractivity contribution is -0.132. The lowest BCUT2D eigenvalue weighted by Gasteiger charge is -2.23. The molecule has 35 heavy (non-hydrogen) atoms. The Hall–Kier alpha value is -3.75. The summed E-state index contributed by atoms with van der Waals surface area (Å²) >= 11 is 7.30. The van der Waals surface area contributed by atoms with Crippen molar-refractivity contribution in [3.05, 3.63) is 94.3 Å². The number of carbonyl (C=O) groups is 2. The van der Waals surface area contributed by atoms with Crippen LogP contribution in [0.4, 0.5) is 9.52 Å². The van der Waals surface area contributed by atoms with Crippen LogP contribution in [0.25, 0.3) is 16.0 Å². The Morgan fingerprint density at radius 3 is 2.66 bits per heavy atom. The lowest BCUT2D eigenvalue weighted by atomic mass is 9.95. The third-order valence-electron chi connectivity index (χ3n) is 5.59. The van der Waals surface area contributed by atoms with Crippen LogP contribution in [0.1, 0.15) is 24.1 Å². The zero-order valence-electron chi connectivity index (χ0n) is 18.4. The molecule has 1 fully saturated rings. The number of aliphatic hydroxyl groups is 1. The molecule has 4 aromatic rings. The summed E-state index contributed by atoms with van der Waals surface area (Å²) < 4.78 is 20.0. The van der Waals surface area contributed by atoms with Crippen LogP contribution >= 0.6 is 22.9 Å². The highest BCUT2D eigenvalue weighted by molar-refractivity contribution is 7.22. The Kier molecular flexibility index (Phi) is 6.00. The second-order valence-corrected chi connectivity index (χ2v) is 9.24. The van der Waals surface area contributed by atoms with Gasteiger partial charge in [-0.2, -0.15) is 0 Å². The van der Waals surface area contributed by atoms with E-state index in [4.69, 9.17) is 16.3 Å². The predicted molar refractivity (Wildman–Crippen MR) is 133 cm³/mol. The molecule has 0 bridgehead atoms. The first-order valence-electron chi connectivity index (χ1n) is 10.7. The molecule has 0 saturated carbocycles. The summed E-state index contributed by atoms with van der Waals surface area (Å²) in [6, 6.07) is 16.2. The summed E-state index contributed by atoms with van der Waals surface area (Å²) in [6.45, 7) is 2.25. The fourth-order valence-electron chi connectivity index (χ4n) is 4.03. The van der Waals surface area contributed by atoms with Crippen LogP contribution in [0.2, 0.25) is 5.02 Å². The number of hydrogen-bond acceptors (Lipinski definition) is 6. The van der Waals surface area contributed by atoms with Crippen LogP contribution in [0.5, 0.6) is 5.75 Å². The van der Waals surface area contributed by atoms with E-state index in [-0.39, 0.29) is 16.5 Å². The van der Waals surface area contributed by atoms with Crippen LogP contribution in [0.3, 0.4) is 0 Å². The van der Waals surface area contributed by atoms with E-state index in [1.807, 2.05) is 6.92 Å². The van der Waals surface area contributed by atoms with E-state index >= 15 is 0 Å². The van der Waals surface area contributed by atoms with E-state index in [1.54, 1.807) is 42.5 Å². The third-order valence-corrected chi connectivity index (χ3v) is 6.85. The first-order valence-corrected chi connectivity index (χ1v) is 11.9. The Morgan fingerprint density at radius 1 is 1.14 bits per heavy atom. The highest BCUT2D eigenvalue weighted by Crippen LogP contribution is 2.44. The van der Waals surface area contributed by atoms with Gasteiger partial charge in [-0.15, -0.1) is 0 Å². The quantitative estimate of drug-likeness (QED) is 0.200. The molecule has 0 radical (unpaired) electrons. The number of carbonyl (C=O) groups excluding carboxylic acids is 2. The van der Waals surface area contributed by atoms with Crippen LogP contribution in [0, 0.1) is 5.82 Å². The fourth-order valence-corrected chi connectivity index (χ4v) is 5.30. The van der Waals surface area contributed by atoms with Crippen molar-refractivity contribution in [3.8, 4) is 5.75 Å². The SMILES string of the molecule is CCOc1cccc(/C(O)=C2\C(=O)C(=O)N(c3nc4ccc(Cl)cc4s3)C2c2ccc(F)cc2)c1. The van der Waals surface area contributed by atoms with Crippen LogP contribution in [-0.4, -0.2) is 28.4 Å². The molecule has 1 N–H and O–H groups in total. The number of Topliss-reactive ketones (excluding diaryl/α,β-unsaturated/α-hetero) is 1. The number of anilines is 1. The van der Waals surface area contributed by atoms with Gasteiger partial charge in [0.2, 0.25) is 0 Å². The standard InChI is InChI=1S/C26H18ClFN2O4S/c1-2-34-18-5-3-4-15(12-18)23(31)21-22(14-6-9-17(28)10-7-14)30(25(33)24(21)32)26-29-19-11-8-16(27)13-20(19)35-26/h3-13,22,31H,2H2,1H3/b23-21+. The second kappa shape index (κ2) is 9.13. The summed E-state index contributed by atoms with van der Waals surface area (Å²) in [6.07, 6.45) is 0. The van der Waals surface area contributed by atoms with Gasteiger partial charge in [0.15, 0.2) is 5.13 Å². The largest absolute Gasteiger partial charge is 0.507 e. The highest BCUT2D eigenvalue weighted by atomic mass is 35.5. The number of ether oxygens (including phenoxy) is 1. The average molecular weight is 509 g/mol. The third kappa shape index (κ3) is 4.15. The molecule has 1 atom stereocenters. The molecule has 1 aliphatic rings. The number of benzene rings is 3. The maximum absolute atomic E-state index is 13.7. The van der Waals surface area contributed by atoms with Crippen molar-refractivity contribution in [2.75, 3.05) is 11.5 Å². The molecule has 1 aliphatic heterocycles. The zero-order chi connectivity index (χ0) is 24.7. The average Bonchev–Trinajstić information content (AvgIpc) is 3.37. The first kappa shape index (κ1) is 23.0. The fraction of sp³-hybridized carbons (Fsp3) is 0.115. The van der Waals surface area contributed by atoms with Gasteiger partial charge in [0.05, 0.1) is 28.4 Å². The van der Waals surface area contributed by atoms with E-state index in [0.717, 1.165) is 4.70 Å². The number of hydrogen-bond donors (Lipinski definition) is 1. The zero-order valence-corrected chi connectivity index (χ0v) is 19.9. The molecule has 1 aromatic heterocycles. The molecule has 1 unspecified atom stereocenters. The Labute approximate surface area is 208 Å². The minimum atomic E-state index is -1.01. The highest BCUT2D eigenvalue weighted by Gasteiger charge is 2.48. The van der Waals surface area contributed by atoms with E-state index in [1.165, 1.54) is 40.5 Å². The van der Waals surface area contributed by atoms with Crippen LogP contribution in [-0.2, 0) is 9.59 Å². The normalized spacial score (nSPS) is 17.3.